The quantitative estimate of drug-likeness (QED) is 0.841. The maximum atomic E-state index is 12.5. The summed E-state index contributed by atoms with van der Waals surface area (Å²) in [4.78, 5) is 24.3. The van der Waals surface area contributed by atoms with E-state index in [1.807, 2.05) is 13.8 Å². The number of hydrogen-bond acceptors (Lipinski definition) is 5. The Hall–Kier alpha value is -2.24. The molecule has 1 aliphatic rings. The van der Waals surface area contributed by atoms with Gasteiger partial charge in [0.15, 0.2) is 11.5 Å². The van der Waals surface area contributed by atoms with Gasteiger partial charge in [-0.25, -0.2) is 4.79 Å². The van der Waals surface area contributed by atoms with Crippen molar-refractivity contribution in [2.24, 2.45) is 5.92 Å². The molecule has 1 heterocycles. The van der Waals surface area contributed by atoms with Crippen LogP contribution in [0, 0.1) is 5.92 Å². The van der Waals surface area contributed by atoms with Crippen molar-refractivity contribution in [3.63, 3.8) is 0 Å². The maximum Gasteiger partial charge on any atom is 0.328 e. The summed E-state index contributed by atoms with van der Waals surface area (Å²) >= 11 is 0. The van der Waals surface area contributed by atoms with Gasteiger partial charge in [0.25, 0.3) is 5.91 Å². The highest BCUT2D eigenvalue weighted by atomic mass is 16.5. The summed E-state index contributed by atoms with van der Waals surface area (Å²) in [5.74, 6) is 0.379. The summed E-state index contributed by atoms with van der Waals surface area (Å²) in [5, 5.41) is 2.75. The van der Waals surface area contributed by atoms with E-state index in [1.165, 1.54) is 7.11 Å². The van der Waals surface area contributed by atoms with Crippen LogP contribution < -0.4 is 14.8 Å². The van der Waals surface area contributed by atoms with Crippen LogP contribution in [-0.2, 0) is 9.53 Å². The van der Waals surface area contributed by atoms with E-state index < -0.39 is 12.0 Å². The van der Waals surface area contributed by atoms with Gasteiger partial charge in [-0.2, -0.15) is 0 Å². The number of esters is 1. The number of rotatable bonds is 5. The maximum absolute atomic E-state index is 12.5. The van der Waals surface area contributed by atoms with Crippen molar-refractivity contribution in [3.05, 3.63) is 23.8 Å². The fraction of sp³-hybridized carbons (Fsp3) is 0.529. The molecule has 0 bridgehead atoms. The lowest BCUT2D eigenvalue weighted by Gasteiger charge is -2.22. The Bertz CT molecular complexity index is 572. The van der Waals surface area contributed by atoms with Gasteiger partial charge in [0.1, 0.15) is 6.04 Å². The molecule has 1 aromatic rings. The highest BCUT2D eigenvalue weighted by Gasteiger charge is 2.27. The molecule has 2 rings (SSSR count). The van der Waals surface area contributed by atoms with E-state index in [2.05, 4.69) is 5.32 Å². The number of amides is 1. The topological polar surface area (TPSA) is 73.9 Å². The molecule has 0 spiro atoms. The van der Waals surface area contributed by atoms with Crippen LogP contribution >= 0.6 is 0 Å². The lowest BCUT2D eigenvalue weighted by atomic mass is 9.99. The SMILES string of the molecule is CC[C@@H](C)[C@@H](NC(=O)c1ccc2c(c1)OCCCO2)C(=O)OC. The summed E-state index contributed by atoms with van der Waals surface area (Å²) in [6, 6.07) is 4.34. The first-order valence-electron chi connectivity index (χ1n) is 7.85. The minimum Gasteiger partial charge on any atom is -0.490 e. The lowest BCUT2D eigenvalue weighted by molar-refractivity contribution is -0.144. The molecule has 1 aliphatic heterocycles. The normalized spacial score (nSPS) is 16.0. The lowest BCUT2D eigenvalue weighted by Crippen LogP contribution is -2.45. The van der Waals surface area contributed by atoms with E-state index in [4.69, 9.17) is 14.2 Å². The molecule has 0 saturated heterocycles. The Kier molecular flexibility index (Phi) is 5.84. The van der Waals surface area contributed by atoms with Crippen LogP contribution in [0.25, 0.3) is 0 Å². The number of ether oxygens (including phenoxy) is 3. The molecule has 0 radical (unpaired) electrons. The monoisotopic (exact) mass is 321 g/mol. The van der Waals surface area contributed by atoms with Crippen LogP contribution in [0.2, 0.25) is 0 Å². The molecular weight excluding hydrogens is 298 g/mol. The summed E-state index contributed by atoms with van der Waals surface area (Å²) in [6.45, 7) is 5.00. The zero-order chi connectivity index (χ0) is 16.8. The van der Waals surface area contributed by atoms with Gasteiger partial charge >= 0.3 is 5.97 Å². The van der Waals surface area contributed by atoms with Crippen molar-refractivity contribution in [1.29, 1.82) is 0 Å². The van der Waals surface area contributed by atoms with Gasteiger partial charge in [-0.05, 0) is 24.1 Å². The highest BCUT2D eigenvalue weighted by molar-refractivity contribution is 5.97. The molecule has 1 aromatic carbocycles. The summed E-state index contributed by atoms with van der Waals surface area (Å²) in [6.07, 6.45) is 1.55. The van der Waals surface area contributed by atoms with Crippen molar-refractivity contribution >= 4 is 11.9 Å². The summed E-state index contributed by atoms with van der Waals surface area (Å²) in [7, 11) is 1.32. The Balaban J connectivity index is 2.16. The third-order valence-electron chi connectivity index (χ3n) is 3.96. The molecule has 126 valence electrons. The van der Waals surface area contributed by atoms with Crippen molar-refractivity contribution < 1.29 is 23.8 Å². The standard InChI is InChI=1S/C17H23NO5/c1-4-11(2)15(17(20)21-3)18-16(19)12-6-7-13-14(10-12)23-9-5-8-22-13/h6-7,10-11,15H,4-5,8-9H2,1-3H3,(H,18,19)/t11-,15-/m1/s1. The smallest absolute Gasteiger partial charge is 0.328 e. The van der Waals surface area contributed by atoms with E-state index >= 15 is 0 Å². The number of carbonyl (C=O) groups excluding carboxylic acids is 2. The zero-order valence-electron chi connectivity index (χ0n) is 13.8. The zero-order valence-corrected chi connectivity index (χ0v) is 13.8. The third kappa shape index (κ3) is 4.15. The molecule has 1 amide bonds. The first-order valence-corrected chi connectivity index (χ1v) is 7.85. The first kappa shape index (κ1) is 17.1. The molecule has 23 heavy (non-hydrogen) atoms. The van der Waals surface area contributed by atoms with Gasteiger partial charge in [-0.1, -0.05) is 20.3 Å². The second-order valence-corrected chi connectivity index (χ2v) is 5.57. The molecule has 0 aromatic heterocycles. The second-order valence-electron chi connectivity index (χ2n) is 5.57. The first-order chi connectivity index (χ1) is 11.1. The van der Waals surface area contributed by atoms with E-state index in [-0.39, 0.29) is 11.8 Å². The Morgan fingerprint density at radius 3 is 2.61 bits per heavy atom. The van der Waals surface area contributed by atoms with Crippen molar-refractivity contribution in [2.75, 3.05) is 20.3 Å². The fourth-order valence-corrected chi connectivity index (χ4v) is 2.33. The average molecular weight is 321 g/mol. The molecule has 6 nitrogen and oxygen atoms in total. The van der Waals surface area contributed by atoms with Gasteiger partial charge in [0.2, 0.25) is 0 Å². The van der Waals surface area contributed by atoms with Gasteiger partial charge in [0.05, 0.1) is 20.3 Å². The number of nitrogens with one attached hydrogen (secondary N) is 1. The Morgan fingerprint density at radius 2 is 1.96 bits per heavy atom. The summed E-state index contributed by atoms with van der Waals surface area (Å²) < 4.78 is 15.9. The summed E-state index contributed by atoms with van der Waals surface area (Å²) in [5.41, 5.74) is 0.423. The number of carbonyl (C=O) groups is 2. The molecule has 0 unspecified atom stereocenters. The predicted molar refractivity (Wildman–Crippen MR) is 84.8 cm³/mol. The predicted octanol–water partition coefficient (Wildman–Crippen LogP) is 2.17. The second kappa shape index (κ2) is 7.85. The van der Waals surface area contributed by atoms with Crippen LogP contribution in [0.15, 0.2) is 18.2 Å². The molecule has 2 atom stereocenters. The Labute approximate surface area is 136 Å². The fourth-order valence-electron chi connectivity index (χ4n) is 2.33. The van der Waals surface area contributed by atoms with E-state index in [1.54, 1.807) is 18.2 Å². The molecule has 6 heteroatoms. The Morgan fingerprint density at radius 1 is 1.26 bits per heavy atom. The van der Waals surface area contributed by atoms with Crippen molar-refractivity contribution in [3.8, 4) is 11.5 Å². The highest BCUT2D eigenvalue weighted by Crippen LogP contribution is 2.30. The molecule has 0 saturated carbocycles. The van der Waals surface area contributed by atoms with Crippen LogP contribution in [0.3, 0.4) is 0 Å². The van der Waals surface area contributed by atoms with Gasteiger partial charge in [0, 0.05) is 12.0 Å². The number of benzene rings is 1. The van der Waals surface area contributed by atoms with Crippen LogP contribution in [0.4, 0.5) is 0 Å². The number of hydrogen-bond donors (Lipinski definition) is 1. The van der Waals surface area contributed by atoms with Crippen LogP contribution in [-0.4, -0.2) is 38.2 Å². The largest absolute Gasteiger partial charge is 0.490 e. The molecule has 0 aliphatic carbocycles. The van der Waals surface area contributed by atoms with Crippen molar-refractivity contribution in [1.82, 2.24) is 5.32 Å². The van der Waals surface area contributed by atoms with E-state index in [0.29, 0.717) is 30.3 Å². The molecule has 0 fully saturated rings. The van der Waals surface area contributed by atoms with Crippen LogP contribution in [0.5, 0.6) is 11.5 Å². The van der Waals surface area contributed by atoms with Gasteiger partial charge < -0.3 is 19.5 Å². The average Bonchev–Trinajstić information content (AvgIpc) is 2.82. The van der Waals surface area contributed by atoms with Crippen LogP contribution in [0.1, 0.15) is 37.0 Å². The van der Waals surface area contributed by atoms with Crippen molar-refractivity contribution in [2.45, 2.75) is 32.7 Å². The van der Waals surface area contributed by atoms with Gasteiger partial charge in [-0.3, -0.25) is 4.79 Å². The molecular formula is C17H23NO5. The molecule has 1 N–H and O–H groups in total. The number of fused-ring (bicyclic) bond motifs is 1. The minimum atomic E-state index is -0.673. The van der Waals surface area contributed by atoms with E-state index in [0.717, 1.165) is 12.8 Å². The minimum absolute atomic E-state index is 0.0215. The number of methoxy groups -OCH3 is 1. The third-order valence-corrected chi connectivity index (χ3v) is 3.96. The van der Waals surface area contributed by atoms with Gasteiger partial charge in [-0.15, -0.1) is 0 Å². The van der Waals surface area contributed by atoms with E-state index in [9.17, 15) is 9.59 Å².